The van der Waals surface area contributed by atoms with Gasteiger partial charge in [-0.15, -0.1) is 0 Å². The summed E-state index contributed by atoms with van der Waals surface area (Å²) in [5, 5.41) is 70.9. The number of benzene rings is 6. The number of aromatic amines is 4. The van der Waals surface area contributed by atoms with Crippen LogP contribution in [0, 0.1) is 75.9 Å². The maximum Gasteiger partial charge on any atom is 0.352 e. The number of nitriles is 5. The summed E-state index contributed by atoms with van der Waals surface area (Å²) in [6.07, 6.45) is 10.0. The Balaban J connectivity index is 0.000000369. The molecule has 6 heterocycles. The molecule has 0 fully saturated rings. The number of nitrogen functional groups attached to an aromatic ring is 2. The number of ether oxygens (including phenoxy) is 5. The molecular formula is C82H91Cl4N24O10PS2. The second kappa shape index (κ2) is 56.7. The van der Waals surface area contributed by atoms with Gasteiger partial charge >= 0.3 is 11.2 Å². The number of carbonyl (C=O) groups excluding carboxylic acids is 1. The normalized spacial score (nSPS) is 9.90. The predicted molar refractivity (Wildman–Crippen MR) is 491 cm³/mol. The molecule has 34 nitrogen and oxygen atoms in total. The van der Waals surface area contributed by atoms with E-state index in [-0.39, 0.29) is 56.4 Å². The van der Waals surface area contributed by atoms with Gasteiger partial charge in [-0.05, 0) is 191 Å². The first-order valence-corrected chi connectivity index (χ1v) is 43.4. The molecule has 0 saturated heterocycles. The number of H-pyrrole nitrogens is 4. The predicted octanol–water partition coefficient (Wildman–Crippen LogP) is 17.6. The molecule has 0 aliphatic carbocycles. The summed E-state index contributed by atoms with van der Waals surface area (Å²) < 4.78 is 34.3. The van der Waals surface area contributed by atoms with Crippen molar-refractivity contribution < 1.29 is 38.2 Å². The van der Waals surface area contributed by atoms with E-state index in [1.54, 1.807) is 108 Å². The van der Waals surface area contributed by atoms with Crippen molar-refractivity contribution in [3.05, 3.63) is 242 Å². The van der Waals surface area contributed by atoms with Crippen molar-refractivity contribution >= 4 is 165 Å². The van der Waals surface area contributed by atoms with Crippen LogP contribution >= 0.6 is 74.0 Å². The van der Waals surface area contributed by atoms with Crippen LogP contribution in [0.1, 0.15) is 68.3 Å². The van der Waals surface area contributed by atoms with E-state index < -0.39 is 16.7 Å². The van der Waals surface area contributed by atoms with Crippen LogP contribution in [0.2, 0.25) is 5.15 Å². The third-order valence-electron chi connectivity index (χ3n) is 15.0. The Kier molecular flexibility index (Phi) is 47.7. The molecule has 0 bridgehead atoms. The number of thioether (sulfide) groups is 2. The number of halogens is 4. The molecule has 0 amide bonds. The number of aryl methyl sites for hydroxylation is 2. The molecule has 12 aromatic rings. The van der Waals surface area contributed by atoms with E-state index in [2.05, 4.69) is 153 Å². The summed E-state index contributed by atoms with van der Waals surface area (Å²) in [4.78, 5) is 71.4. The number of fused-ring (bicyclic) bond motifs is 2. The van der Waals surface area contributed by atoms with Gasteiger partial charge in [0.25, 0.3) is 11.1 Å². The standard InChI is InChI=1S/C21H18N6O.C12H9ClN4O.C12H10N4O2.C9H10N2.C8H11NO3.C6H5N3OS.C6H7NO.C6H15N.C2H6N2S.Cl3OP/c1-13-8-14-9-17(6-7-19(14)24-13)25-20-15(11-22)12-23-21(27-20)26-16-4-3-5-18(10-16)28-2;1-18-10-4-2-3-9(5-10)16-12-15-7-8(6-14)11(13)17-12;1-18-10-4-2-3-9(5-10)15-12-14-7-8(6-13)11(17)16-12;1-6-4-7-5-8(10)2-3-9(7)11-6;1-3-11-6-7(5-9)8(10)12-4-2;1-11-6-8-3-4(2-7)5(10)9-6;7-5-2-1-3-6(8)4-5;1-4-7(5-2)6-3;1-5-2(3)4;1-5(2,3)4/h3-10,12,24H,1-2H3,(H2,23,25,26,27);2-5,7H,1H3,(H,15,16,17);2-5,7H,1H3,(H2,14,15,16,17);2-5,11H,10H2,1H3;6H,3-4H2,1-2H3;3H,1H3,(H,8,9,10);1-4,8H,7H2;4-6H2,1-3H3;1H3,(H3,3,4);/b;;;;7-6+;;;;;. The molecule has 6 aromatic heterocycles. The summed E-state index contributed by atoms with van der Waals surface area (Å²) in [6.45, 7) is 18.3. The van der Waals surface area contributed by atoms with Crippen molar-refractivity contribution in [3.8, 4) is 53.3 Å². The molecule has 12 rings (SSSR count). The highest BCUT2D eigenvalue weighted by Gasteiger charge is 2.13. The zero-order valence-electron chi connectivity index (χ0n) is 68.8. The Bertz CT molecular complexity index is 5790. The highest BCUT2D eigenvalue weighted by atomic mass is 36.0. The van der Waals surface area contributed by atoms with Crippen LogP contribution in [0.25, 0.3) is 21.8 Å². The van der Waals surface area contributed by atoms with Gasteiger partial charge in [0.1, 0.15) is 81.9 Å². The van der Waals surface area contributed by atoms with Gasteiger partial charge < -0.3 is 87.1 Å². The van der Waals surface area contributed by atoms with Crippen molar-refractivity contribution in [2.75, 3.05) is 99.4 Å². The number of rotatable bonds is 19. The Morgan fingerprint density at radius 2 is 1.02 bits per heavy atom. The lowest BCUT2D eigenvalue weighted by Crippen LogP contribution is -2.21. The molecule has 6 aromatic carbocycles. The minimum absolute atomic E-state index is 0.0220. The first kappa shape index (κ1) is 103. The largest absolute Gasteiger partial charge is 0.508 e. The summed E-state index contributed by atoms with van der Waals surface area (Å²) in [5.74, 6) is 3.13. The van der Waals surface area contributed by atoms with E-state index in [0.717, 1.165) is 68.3 Å². The molecule has 41 heteroatoms. The number of aromatic nitrogens is 10. The minimum atomic E-state index is -3.22. The van der Waals surface area contributed by atoms with Crippen LogP contribution in [-0.4, -0.2) is 138 Å². The van der Waals surface area contributed by atoms with Gasteiger partial charge in [0.15, 0.2) is 26.9 Å². The Morgan fingerprint density at radius 1 is 0.577 bits per heavy atom. The number of nitrogens with one attached hydrogen (secondary N) is 9. The first-order valence-electron chi connectivity index (χ1n) is 36.2. The van der Waals surface area contributed by atoms with Crippen LogP contribution < -0.4 is 63.8 Å². The quantitative estimate of drug-likeness (QED) is 0.00306. The molecular weight excluding hydrogens is 1720 g/mol. The fourth-order valence-corrected chi connectivity index (χ4v) is 9.72. The van der Waals surface area contributed by atoms with E-state index in [9.17, 15) is 24.2 Å². The van der Waals surface area contributed by atoms with Crippen LogP contribution in [0.5, 0.6) is 23.0 Å². The number of nitrogens with two attached hydrogens (primary N) is 3. The molecule has 123 heavy (non-hydrogen) atoms. The van der Waals surface area contributed by atoms with Crippen LogP contribution in [0.4, 0.5) is 57.8 Å². The number of aromatic hydroxyl groups is 1. The van der Waals surface area contributed by atoms with E-state index in [1.807, 2.05) is 105 Å². The second-order valence-electron chi connectivity index (χ2n) is 23.7. The fourth-order valence-electron chi connectivity index (χ4n) is 9.19. The zero-order valence-corrected chi connectivity index (χ0v) is 74.3. The summed E-state index contributed by atoms with van der Waals surface area (Å²) in [6, 6.07) is 53.6. The maximum absolute atomic E-state index is 11.4. The second-order valence-corrected chi connectivity index (χ2v) is 32.3. The van der Waals surface area contributed by atoms with Crippen LogP contribution in [0.15, 0.2) is 197 Å². The minimum Gasteiger partial charge on any atom is -0.508 e. The van der Waals surface area contributed by atoms with E-state index in [1.165, 1.54) is 85.1 Å². The Labute approximate surface area is 738 Å². The van der Waals surface area contributed by atoms with Crippen molar-refractivity contribution in [2.45, 2.75) is 53.6 Å². The lowest BCUT2D eigenvalue weighted by atomic mass is 10.2. The number of phenols is 1. The maximum atomic E-state index is 11.4. The number of amidine groups is 1. The smallest absolute Gasteiger partial charge is 0.352 e. The number of methoxy groups -OCH3 is 3. The summed E-state index contributed by atoms with van der Waals surface area (Å²) in [5.41, 5.74) is 24.4. The monoisotopic (exact) mass is 1810 g/mol. The number of hydrogen-bond acceptors (Lipinski definition) is 31. The molecule has 0 spiro atoms. The number of anilines is 10. The van der Waals surface area contributed by atoms with Gasteiger partial charge in [-0.3, -0.25) is 24.5 Å². The van der Waals surface area contributed by atoms with E-state index in [0.29, 0.717) is 46.5 Å². The van der Waals surface area contributed by atoms with Crippen molar-refractivity contribution in [1.29, 1.82) is 31.7 Å². The molecule has 0 saturated carbocycles. The Hall–Kier alpha value is -13.7. The number of phenolic OH excluding ortho intramolecular Hbond substituents is 1. The summed E-state index contributed by atoms with van der Waals surface area (Å²) >= 11 is 22.2. The molecule has 0 atom stereocenters. The van der Waals surface area contributed by atoms with E-state index >= 15 is 0 Å². The highest BCUT2D eigenvalue weighted by molar-refractivity contribution is 8.24. The third kappa shape index (κ3) is 40.7. The topological polar surface area (TPSA) is 547 Å². The van der Waals surface area contributed by atoms with Crippen molar-refractivity contribution in [2.24, 2.45) is 5.73 Å². The average Bonchev–Trinajstić information content (AvgIpc) is 1.43. The van der Waals surface area contributed by atoms with Gasteiger partial charge in [-0.2, -0.15) is 36.3 Å². The van der Waals surface area contributed by atoms with Gasteiger partial charge in [-0.1, -0.05) is 80.2 Å². The lowest BCUT2D eigenvalue weighted by Gasteiger charge is -2.13. The molecule has 0 aliphatic rings. The molecule has 0 aliphatic heterocycles. The van der Waals surface area contributed by atoms with Crippen LogP contribution in [-0.2, 0) is 18.8 Å². The van der Waals surface area contributed by atoms with Crippen molar-refractivity contribution in [3.63, 3.8) is 0 Å². The van der Waals surface area contributed by atoms with Gasteiger partial charge in [0.2, 0.25) is 17.8 Å². The van der Waals surface area contributed by atoms with Crippen LogP contribution in [0.3, 0.4) is 0 Å². The lowest BCUT2D eigenvalue weighted by molar-refractivity contribution is -0.138. The highest BCUT2D eigenvalue weighted by Crippen LogP contribution is 2.61. The fraction of sp³-hybridized carbons (Fsp3) is 0.207. The van der Waals surface area contributed by atoms with Crippen molar-refractivity contribution in [1.82, 2.24) is 54.7 Å². The SMILES string of the molecule is CCN(CC)CC.CCO/C=C(\C#N)C(=O)OCC.COc1cccc(Nc2ncc(C#N)c(=O)[nH]2)c1.COc1cccc(Nc2ncc(C#N)c(Cl)n2)c1.COc1cccc(Nc2ncc(C#N)c(Nc3ccc4[nH]c(C)cc4c3)n2)c1.CSC(=N)N.CSc1ncc(C#N)c(=O)[nH]1.Cc1cc2cc(N)ccc2[nH]1.Nc1cccc(O)c1.O=P(Cl)(Cl)Cl. The molecule has 0 unspecified atom stereocenters. The Morgan fingerprint density at radius 3 is 1.44 bits per heavy atom. The number of esters is 1. The third-order valence-corrected chi connectivity index (χ3v) is 16.3. The van der Waals surface area contributed by atoms with Gasteiger partial charge in [0, 0.05) is 91.6 Å². The van der Waals surface area contributed by atoms with Gasteiger partial charge in [0.05, 0.1) is 59.3 Å². The summed E-state index contributed by atoms with van der Waals surface area (Å²) in [7, 11) is 4.78. The number of nitrogens with zero attached hydrogens (tertiary/aromatic N) is 12. The molecule has 0 radical (unpaired) electrons. The number of carbonyl (C=O) groups is 1. The number of hydrogen-bond donors (Lipinski definition) is 13. The first-order chi connectivity index (χ1) is 58.8. The van der Waals surface area contributed by atoms with Gasteiger partial charge in [-0.25, -0.2) is 24.7 Å². The molecule has 644 valence electrons. The zero-order chi connectivity index (χ0) is 91.4. The van der Waals surface area contributed by atoms with E-state index in [4.69, 9.17) is 79.3 Å². The average molecular weight is 1810 g/mol. The molecule has 16 N–H and O–H groups in total.